The number of rotatable bonds is 10. The summed E-state index contributed by atoms with van der Waals surface area (Å²) < 4.78 is 78.6. The first kappa shape index (κ1) is 45.6. The van der Waals surface area contributed by atoms with E-state index in [1.165, 1.54) is 31.8 Å². The van der Waals surface area contributed by atoms with Crippen LogP contribution in [0.2, 0.25) is 0 Å². The van der Waals surface area contributed by atoms with Gasteiger partial charge in [0.25, 0.3) is 0 Å². The molecule has 0 radical (unpaired) electrons. The number of hydrogen-bond donors (Lipinski definition) is 0. The van der Waals surface area contributed by atoms with Crippen molar-refractivity contribution in [3.05, 3.63) is 182 Å². The Morgan fingerprint density at radius 2 is 0.426 bits per heavy atom. The fraction of sp³-hybridized carbons (Fsp3) is 0.100. The number of benzene rings is 6. The van der Waals surface area contributed by atoms with Gasteiger partial charge in [-0.1, -0.05) is 109 Å². The summed E-state index contributed by atoms with van der Waals surface area (Å²) in [4.78, 5) is 0. The van der Waals surface area contributed by atoms with E-state index < -0.39 is 43.8 Å². The molecule has 0 unspecified atom stereocenters. The van der Waals surface area contributed by atoms with Crippen LogP contribution in [0.3, 0.4) is 0 Å². The molecule has 0 aromatic heterocycles. The molecule has 6 aromatic carbocycles. The summed E-state index contributed by atoms with van der Waals surface area (Å²) in [5.41, 5.74) is 0. The second kappa shape index (κ2) is 22.7. The first-order valence-corrected chi connectivity index (χ1v) is 24.7. The van der Waals surface area contributed by atoms with E-state index in [2.05, 4.69) is 182 Å². The third-order valence-corrected chi connectivity index (χ3v) is 17.8. The van der Waals surface area contributed by atoms with Crippen molar-refractivity contribution in [2.75, 3.05) is 24.1 Å². The van der Waals surface area contributed by atoms with Gasteiger partial charge in [0.05, 0.1) is 24.1 Å². The van der Waals surface area contributed by atoms with Crippen LogP contribution < -0.4 is 31.8 Å². The van der Waals surface area contributed by atoms with Crippen molar-refractivity contribution in [1.29, 1.82) is 0 Å². The number of halogens is 10. The van der Waals surface area contributed by atoms with Crippen LogP contribution in [-0.2, 0) is 29.3 Å². The quantitative estimate of drug-likeness (QED) is 0.0556. The Labute approximate surface area is 331 Å². The summed E-state index contributed by atoms with van der Waals surface area (Å²) >= 11 is -0.723. The summed E-state index contributed by atoms with van der Waals surface area (Å²) in [7, 11) is -3.37. The molecule has 0 bridgehead atoms. The van der Waals surface area contributed by atoms with Crippen molar-refractivity contribution >= 4 is 69.6 Å². The third-order valence-electron chi connectivity index (χ3n) is 8.02. The summed E-state index contributed by atoms with van der Waals surface area (Å²) in [6.45, 7) is 0. The fourth-order valence-corrected chi connectivity index (χ4v) is 15.5. The molecule has 0 saturated carbocycles. The predicted octanol–water partition coefficient (Wildman–Crippen LogP) is 11.8. The van der Waals surface area contributed by atoms with E-state index in [0.717, 1.165) is 12.3 Å². The minimum atomic E-state index is -6.62. The summed E-state index contributed by atoms with van der Waals surface area (Å²) in [6.07, 6.45) is 1.96. The van der Waals surface area contributed by atoms with Gasteiger partial charge in [-0.2, -0.15) is 0 Å². The van der Waals surface area contributed by atoms with Gasteiger partial charge >= 0.3 is 57.7 Å². The molecule has 0 atom stereocenters. The Morgan fingerprint density at radius 3 is 0.537 bits per heavy atom. The van der Waals surface area contributed by atoms with E-state index in [0.29, 0.717) is 11.8 Å². The molecule has 0 nitrogen and oxygen atoms in total. The zero-order chi connectivity index (χ0) is 39.5. The molecule has 0 fully saturated rings. The molecule has 0 heterocycles. The Balaban J connectivity index is 0.000000233. The first-order chi connectivity index (χ1) is 25.8. The van der Waals surface area contributed by atoms with Crippen molar-refractivity contribution in [3.63, 3.8) is 0 Å². The van der Waals surface area contributed by atoms with E-state index in [1.807, 2.05) is 0 Å². The third kappa shape index (κ3) is 14.4. The van der Waals surface area contributed by atoms with Gasteiger partial charge in [-0.25, -0.2) is 0 Å². The summed E-state index contributed by atoms with van der Waals surface area (Å²) in [5.74, 6) is 1.32. The number of hydrogen-bond acceptors (Lipinski definition) is 0. The molecule has 0 saturated heterocycles. The average molecular weight is 913 g/mol. The fourth-order valence-electron chi connectivity index (χ4n) is 6.02. The van der Waals surface area contributed by atoms with Gasteiger partial charge in [-0.15, -0.1) is 23.2 Å². The molecule has 0 N–H and O–H groups in total. The van der Waals surface area contributed by atoms with Crippen LogP contribution in [0.5, 0.6) is 0 Å². The second-order valence-corrected chi connectivity index (χ2v) is 21.1. The van der Waals surface area contributed by atoms with E-state index in [9.17, 15) is 28.4 Å². The Morgan fingerprint density at radius 1 is 0.296 bits per heavy atom. The van der Waals surface area contributed by atoms with E-state index in [4.69, 9.17) is 23.2 Å². The average Bonchev–Trinajstić information content (AvgIpc) is 3.17. The SMILES string of the molecule is ClCC[P+](c1ccccc1)(c1ccccc1)c1ccccc1.ClCC[P+](c1ccccc1)(c1ccccc1)c1ccccc1.[F][Mn-]([F])([F])[F].[F][Mn-]([F])([F])[F]. The Bertz CT molecular complexity index is 1530. The Hall–Kier alpha value is -2.76. The van der Waals surface area contributed by atoms with Crippen molar-refractivity contribution < 1.29 is 57.7 Å². The molecule has 0 aliphatic heterocycles. The van der Waals surface area contributed by atoms with Crippen LogP contribution in [-0.4, -0.2) is 24.1 Å². The maximum atomic E-state index is 9.83. The van der Waals surface area contributed by atoms with Crippen molar-refractivity contribution in [2.45, 2.75) is 0 Å². The van der Waals surface area contributed by atoms with Crippen molar-refractivity contribution in [3.8, 4) is 0 Å². The van der Waals surface area contributed by atoms with Gasteiger partial charge in [-0.3, -0.25) is 0 Å². The van der Waals surface area contributed by atoms with E-state index in [-0.39, 0.29) is 0 Å². The van der Waals surface area contributed by atoms with Crippen LogP contribution in [0.25, 0.3) is 0 Å². The zero-order valence-electron chi connectivity index (χ0n) is 28.6. The Kier molecular flexibility index (Phi) is 19.2. The molecule has 6 rings (SSSR count). The zero-order valence-corrected chi connectivity index (χ0v) is 34.2. The molecule has 54 heavy (non-hydrogen) atoms. The van der Waals surface area contributed by atoms with Gasteiger partial charge in [-0.05, 0) is 72.8 Å². The predicted molar refractivity (Wildman–Crippen MR) is 210 cm³/mol. The molecule has 0 aliphatic rings. The number of alkyl halides is 2. The molecule has 0 amide bonds. The minimum absolute atomic E-state index is 0.659. The molecule has 14 heteroatoms. The molecular weight excluding hydrogens is 875 g/mol. The van der Waals surface area contributed by atoms with Gasteiger partial charge in [0, 0.05) is 0 Å². The van der Waals surface area contributed by atoms with Gasteiger partial charge in [0.2, 0.25) is 0 Å². The molecule has 292 valence electrons. The molecule has 0 spiro atoms. The first-order valence-electron chi connectivity index (χ1n) is 16.1. The van der Waals surface area contributed by atoms with Crippen LogP contribution in [0.4, 0.5) is 28.4 Å². The molecular formula is C40H38Cl2F8Mn2P2. The molecule has 0 aliphatic carbocycles. The van der Waals surface area contributed by atoms with Gasteiger partial charge in [0.15, 0.2) is 0 Å². The van der Waals surface area contributed by atoms with Crippen LogP contribution in [0, 0.1) is 0 Å². The van der Waals surface area contributed by atoms with E-state index in [1.54, 1.807) is 0 Å². The van der Waals surface area contributed by atoms with Crippen molar-refractivity contribution in [2.24, 2.45) is 0 Å². The molecule has 6 aromatic rings. The van der Waals surface area contributed by atoms with Gasteiger partial charge in [0.1, 0.15) is 46.4 Å². The summed E-state index contributed by atoms with van der Waals surface area (Å²) in [6, 6.07) is 65.0. The standard InChI is InChI=1S/2C20H19ClP.8FH.2Mn/c2*21-16-17-22(18-10-4-1-5-11-18,19-12-6-2-7-13-19)20-14-8-3-9-15-20;;;;;;;;;;/h2*1-15H,16-17H2;8*1H;;/q2*+1;;;;;;;;;2*+3/p-8. The van der Waals surface area contributed by atoms with Gasteiger partial charge < -0.3 is 0 Å². The second-order valence-electron chi connectivity index (χ2n) is 11.1. The van der Waals surface area contributed by atoms with Crippen molar-refractivity contribution in [1.82, 2.24) is 0 Å². The van der Waals surface area contributed by atoms with E-state index >= 15 is 0 Å². The maximum absolute atomic E-state index is 9.83. The van der Waals surface area contributed by atoms with Crippen LogP contribution >= 0.6 is 37.7 Å². The van der Waals surface area contributed by atoms with Crippen LogP contribution in [0.15, 0.2) is 182 Å². The summed E-state index contributed by atoms with van der Waals surface area (Å²) in [5, 5.41) is 8.38. The monoisotopic (exact) mass is 912 g/mol. The normalized spacial score (nSPS) is 12.0. The topological polar surface area (TPSA) is 0 Å². The van der Waals surface area contributed by atoms with Crippen LogP contribution in [0.1, 0.15) is 0 Å².